The summed E-state index contributed by atoms with van der Waals surface area (Å²) in [5, 5.41) is 10.7. The molecule has 1 atom stereocenters. The van der Waals surface area contributed by atoms with Crippen molar-refractivity contribution in [3.05, 3.63) is 102 Å². The smallest absolute Gasteiger partial charge is 0.294 e. The summed E-state index contributed by atoms with van der Waals surface area (Å²) in [6, 6.07) is 21.0. The van der Waals surface area contributed by atoms with Gasteiger partial charge in [0.05, 0.1) is 18.4 Å². The molecule has 1 N–H and O–H groups in total. The molecule has 31 heavy (non-hydrogen) atoms. The third-order valence-corrected chi connectivity index (χ3v) is 5.31. The molecule has 0 aliphatic carbocycles. The van der Waals surface area contributed by atoms with Crippen LogP contribution in [-0.4, -0.2) is 28.9 Å². The van der Waals surface area contributed by atoms with Crippen LogP contribution in [0.5, 0.6) is 5.75 Å². The Bertz CT molecular complexity index is 1110. The molecule has 0 saturated carbocycles. The van der Waals surface area contributed by atoms with Crippen LogP contribution in [0.15, 0.2) is 90.3 Å². The quantitative estimate of drug-likeness (QED) is 0.627. The number of Topliss-reactive ketones (excluding diaryl/α,β-unsaturated/α-hetero) is 1. The van der Waals surface area contributed by atoms with Crippen LogP contribution in [-0.2, 0) is 16.0 Å². The summed E-state index contributed by atoms with van der Waals surface area (Å²) >= 11 is 0. The van der Waals surface area contributed by atoms with Crippen molar-refractivity contribution in [3.8, 4) is 5.75 Å². The molecule has 0 fully saturated rings. The van der Waals surface area contributed by atoms with E-state index in [1.807, 2.05) is 30.3 Å². The largest absolute Gasteiger partial charge is 0.503 e. The number of benzene rings is 2. The summed E-state index contributed by atoms with van der Waals surface area (Å²) < 4.78 is 5.19. The SMILES string of the molecule is COc1ccc(N2C(=O)C(O)=C(C(=O)CCc3ccccc3)C2c2ccccn2)cc1. The first-order chi connectivity index (χ1) is 15.1. The maximum atomic E-state index is 13.2. The molecule has 1 unspecified atom stereocenters. The Hall–Kier alpha value is -3.93. The van der Waals surface area contributed by atoms with Gasteiger partial charge < -0.3 is 9.84 Å². The number of ketones is 1. The topological polar surface area (TPSA) is 79.7 Å². The van der Waals surface area contributed by atoms with Crippen LogP contribution in [0.25, 0.3) is 0 Å². The van der Waals surface area contributed by atoms with Gasteiger partial charge in [-0.25, -0.2) is 0 Å². The van der Waals surface area contributed by atoms with Crippen molar-refractivity contribution in [1.82, 2.24) is 4.98 Å². The fraction of sp³-hybridized carbons (Fsp3) is 0.160. The van der Waals surface area contributed by atoms with Crippen LogP contribution >= 0.6 is 0 Å². The number of carbonyl (C=O) groups is 2. The third-order valence-electron chi connectivity index (χ3n) is 5.31. The predicted molar refractivity (Wildman–Crippen MR) is 117 cm³/mol. The van der Waals surface area contributed by atoms with Crippen LogP contribution in [0.3, 0.4) is 0 Å². The van der Waals surface area contributed by atoms with E-state index in [0.717, 1.165) is 5.56 Å². The van der Waals surface area contributed by atoms with E-state index in [4.69, 9.17) is 4.74 Å². The van der Waals surface area contributed by atoms with Crippen LogP contribution in [0.4, 0.5) is 5.69 Å². The molecule has 1 aliphatic heterocycles. The molecule has 0 bridgehead atoms. The maximum absolute atomic E-state index is 13.2. The predicted octanol–water partition coefficient (Wildman–Crippen LogP) is 4.19. The van der Waals surface area contributed by atoms with Crippen LogP contribution in [0.1, 0.15) is 23.7 Å². The van der Waals surface area contributed by atoms with E-state index in [-0.39, 0.29) is 17.8 Å². The first-order valence-electron chi connectivity index (χ1n) is 9.99. The Kier molecular flexibility index (Phi) is 5.80. The van der Waals surface area contributed by atoms with E-state index >= 15 is 0 Å². The van der Waals surface area contributed by atoms with Gasteiger partial charge in [0.15, 0.2) is 11.5 Å². The number of pyridine rings is 1. The Balaban J connectivity index is 1.70. The average Bonchev–Trinajstić information content (AvgIpc) is 3.09. The molecule has 2 aromatic carbocycles. The minimum absolute atomic E-state index is 0.0791. The lowest BCUT2D eigenvalue weighted by Crippen LogP contribution is -2.31. The number of carbonyl (C=O) groups excluding carboxylic acids is 2. The number of amides is 1. The highest BCUT2D eigenvalue weighted by molar-refractivity contribution is 6.16. The number of nitrogens with zero attached hydrogens (tertiary/aromatic N) is 2. The number of rotatable bonds is 7. The highest BCUT2D eigenvalue weighted by atomic mass is 16.5. The van der Waals surface area contributed by atoms with Gasteiger partial charge in [-0.2, -0.15) is 0 Å². The first-order valence-corrected chi connectivity index (χ1v) is 9.99. The van der Waals surface area contributed by atoms with Crippen molar-refractivity contribution in [2.75, 3.05) is 12.0 Å². The average molecular weight is 414 g/mol. The molecular weight excluding hydrogens is 392 g/mol. The van der Waals surface area contributed by atoms with Gasteiger partial charge in [0.1, 0.15) is 11.8 Å². The van der Waals surface area contributed by atoms with Gasteiger partial charge in [-0.1, -0.05) is 36.4 Å². The molecule has 4 rings (SSSR count). The van der Waals surface area contributed by atoms with E-state index < -0.39 is 17.7 Å². The van der Waals surface area contributed by atoms with Crippen LogP contribution in [0.2, 0.25) is 0 Å². The molecule has 3 aromatic rings. The van der Waals surface area contributed by atoms with Gasteiger partial charge in [0, 0.05) is 18.3 Å². The van der Waals surface area contributed by atoms with Crippen molar-refractivity contribution < 1.29 is 19.4 Å². The summed E-state index contributed by atoms with van der Waals surface area (Å²) in [5.41, 5.74) is 2.15. The Morgan fingerprint density at radius 2 is 1.74 bits per heavy atom. The highest BCUT2D eigenvalue weighted by Gasteiger charge is 2.44. The van der Waals surface area contributed by atoms with Crippen molar-refractivity contribution in [2.45, 2.75) is 18.9 Å². The molecule has 1 aromatic heterocycles. The summed E-state index contributed by atoms with van der Waals surface area (Å²) in [5.74, 6) is -0.782. The number of aliphatic hydroxyl groups excluding tert-OH is 1. The van der Waals surface area contributed by atoms with E-state index in [2.05, 4.69) is 4.98 Å². The minimum Gasteiger partial charge on any atom is -0.503 e. The lowest BCUT2D eigenvalue weighted by Gasteiger charge is -2.26. The van der Waals surface area contributed by atoms with Crippen molar-refractivity contribution in [2.24, 2.45) is 0 Å². The zero-order valence-corrected chi connectivity index (χ0v) is 17.1. The normalized spacial score (nSPS) is 16.0. The van der Waals surface area contributed by atoms with Gasteiger partial charge in [-0.3, -0.25) is 19.5 Å². The van der Waals surface area contributed by atoms with Gasteiger partial charge in [0.2, 0.25) is 0 Å². The number of hydrogen-bond acceptors (Lipinski definition) is 5. The van der Waals surface area contributed by atoms with Crippen molar-refractivity contribution in [1.29, 1.82) is 0 Å². The van der Waals surface area contributed by atoms with E-state index in [1.54, 1.807) is 55.8 Å². The number of aromatic nitrogens is 1. The summed E-state index contributed by atoms with van der Waals surface area (Å²) in [7, 11) is 1.56. The van der Waals surface area contributed by atoms with Gasteiger partial charge in [0.25, 0.3) is 5.91 Å². The molecule has 6 nitrogen and oxygen atoms in total. The number of aliphatic hydroxyl groups is 1. The van der Waals surface area contributed by atoms with E-state index in [0.29, 0.717) is 23.6 Å². The Morgan fingerprint density at radius 3 is 2.39 bits per heavy atom. The van der Waals surface area contributed by atoms with Crippen LogP contribution in [0, 0.1) is 0 Å². The molecule has 6 heteroatoms. The highest BCUT2D eigenvalue weighted by Crippen LogP contribution is 2.41. The monoisotopic (exact) mass is 414 g/mol. The molecule has 2 heterocycles. The zero-order chi connectivity index (χ0) is 21.8. The molecule has 156 valence electrons. The lowest BCUT2D eigenvalue weighted by atomic mass is 9.95. The number of anilines is 1. The summed E-state index contributed by atoms with van der Waals surface area (Å²) in [6.45, 7) is 0. The van der Waals surface area contributed by atoms with Crippen molar-refractivity contribution in [3.63, 3.8) is 0 Å². The second-order valence-electron chi connectivity index (χ2n) is 7.20. The Morgan fingerprint density at radius 1 is 1.03 bits per heavy atom. The van der Waals surface area contributed by atoms with E-state index in [9.17, 15) is 14.7 Å². The third kappa shape index (κ3) is 4.05. The zero-order valence-electron chi connectivity index (χ0n) is 17.1. The molecule has 1 aliphatic rings. The fourth-order valence-corrected chi connectivity index (χ4v) is 3.75. The van der Waals surface area contributed by atoms with E-state index in [1.165, 1.54) is 4.90 Å². The minimum atomic E-state index is -0.801. The van der Waals surface area contributed by atoms with Gasteiger partial charge in [-0.15, -0.1) is 0 Å². The summed E-state index contributed by atoms with van der Waals surface area (Å²) in [6.07, 6.45) is 2.30. The fourth-order valence-electron chi connectivity index (χ4n) is 3.75. The second-order valence-corrected chi connectivity index (χ2v) is 7.20. The van der Waals surface area contributed by atoms with Gasteiger partial charge in [-0.05, 0) is 48.4 Å². The Labute approximate surface area is 180 Å². The van der Waals surface area contributed by atoms with Crippen molar-refractivity contribution >= 4 is 17.4 Å². The molecule has 0 spiro atoms. The standard InChI is InChI=1S/C25H22N2O4/c1-31-19-13-11-18(12-14-19)27-23(20-9-5-6-16-26-20)22(24(29)25(27)30)21(28)15-10-17-7-3-2-4-8-17/h2-9,11-14,16,23,29H,10,15H2,1H3. The number of ether oxygens (including phenoxy) is 1. The summed E-state index contributed by atoms with van der Waals surface area (Å²) in [4.78, 5) is 32.0. The first kappa shape index (κ1) is 20.3. The van der Waals surface area contributed by atoms with Crippen LogP contribution < -0.4 is 9.64 Å². The molecule has 0 saturated heterocycles. The number of hydrogen-bond donors (Lipinski definition) is 1. The molecule has 0 radical (unpaired) electrons. The maximum Gasteiger partial charge on any atom is 0.294 e. The van der Waals surface area contributed by atoms with Gasteiger partial charge >= 0.3 is 0 Å². The molecular formula is C25H22N2O4. The second kappa shape index (κ2) is 8.83. The number of methoxy groups -OCH3 is 1. The lowest BCUT2D eigenvalue weighted by molar-refractivity contribution is -0.118. The molecule has 1 amide bonds. The number of aryl methyl sites for hydroxylation is 1.